The van der Waals surface area contributed by atoms with E-state index in [1.54, 1.807) is 17.4 Å². The summed E-state index contributed by atoms with van der Waals surface area (Å²) in [4.78, 5) is 8.83. The highest BCUT2D eigenvalue weighted by Gasteiger charge is 2.37. The van der Waals surface area contributed by atoms with Gasteiger partial charge in [0.15, 0.2) is 5.13 Å². The number of hydrogen-bond acceptors (Lipinski definition) is 4. The second-order valence-corrected chi connectivity index (χ2v) is 12.1. The fraction of sp³-hybridized carbons (Fsp3) is 0.344. The van der Waals surface area contributed by atoms with Crippen molar-refractivity contribution < 1.29 is 4.74 Å². The Kier molecular flexibility index (Phi) is 8.74. The number of aryl methyl sites for hydroxylation is 1. The number of thiazole rings is 1. The van der Waals surface area contributed by atoms with Gasteiger partial charge in [0.05, 0.1) is 29.5 Å². The van der Waals surface area contributed by atoms with Crippen LogP contribution in [0.1, 0.15) is 66.8 Å². The quantitative estimate of drug-likeness (QED) is 0.181. The molecule has 1 aromatic heterocycles. The molecule has 0 aliphatic heterocycles. The van der Waals surface area contributed by atoms with Gasteiger partial charge in [0.2, 0.25) is 0 Å². The van der Waals surface area contributed by atoms with E-state index in [0.29, 0.717) is 28.6 Å². The fourth-order valence-corrected chi connectivity index (χ4v) is 6.49. The van der Waals surface area contributed by atoms with Gasteiger partial charge in [0.25, 0.3) is 0 Å². The Bertz CT molecular complexity index is 1350. The number of halogens is 2. The van der Waals surface area contributed by atoms with Crippen molar-refractivity contribution in [1.82, 2.24) is 4.98 Å². The molecule has 4 aromatic rings. The van der Waals surface area contributed by atoms with Gasteiger partial charge in [0, 0.05) is 22.0 Å². The van der Waals surface area contributed by atoms with Gasteiger partial charge in [-0.05, 0) is 73.9 Å². The topological polar surface area (TPSA) is 25.4 Å². The summed E-state index contributed by atoms with van der Waals surface area (Å²) >= 11 is 14.5. The van der Waals surface area contributed by atoms with Crippen molar-refractivity contribution in [1.29, 1.82) is 0 Å². The van der Waals surface area contributed by atoms with Crippen LogP contribution in [0, 0.1) is 12.8 Å². The zero-order valence-corrected chi connectivity index (χ0v) is 24.5. The van der Waals surface area contributed by atoms with E-state index in [0.717, 1.165) is 29.4 Å². The maximum absolute atomic E-state index is 6.56. The summed E-state index contributed by atoms with van der Waals surface area (Å²) < 4.78 is 6.17. The molecule has 1 fully saturated rings. The van der Waals surface area contributed by atoms with Gasteiger partial charge in [-0.25, -0.2) is 4.98 Å². The van der Waals surface area contributed by atoms with Gasteiger partial charge in [-0.1, -0.05) is 84.7 Å². The van der Waals surface area contributed by atoms with E-state index in [9.17, 15) is 0 Å². The monoisotopic (exact) mass is 564 g/mol. The Hall–Kier alpha value is -2.37. The molecule has 38 heavy (non-hydrogen) atoms. The largest absolute Gasteiger partial charge is 0.369 e. The molecule has 1 aliphatic rings. The zero-order valence-electron chi connectivity index (χ0n) is 22.2. The van der Waals surface area contributed by atoms with Gasteiger partial charge < -0.3 is 9.64 Å². The maximum Gasteiger partial charge on any atom is 0.186 e. The Balaban J connectivity index is 1.38. The molecule has 1 heterocycles. The van der Waals surface area contributed by atoms with Crippen LogP contribution < -0.4 is 4.90 Å². The van der Waals surface area contributed by atoms with Gasteiger partial charge in [-0.3, -0.25) is 0 Å². The molecule has 5 rings (SSSR count). The number of hydrogen-bond donors (Lipinski definition) is 0. The Morgan fingerprint density at radius 1 is 1.00 bits per heavy atom. The highest BCUT2D eigenvalue weighted by atomic mass is 35.5. The summed E-state index contributed by atoms with van der Waals surface area (Å²) in [6.07, 6.45) is 3.59. The summed E-state index contributed by atoms with van der Waals surface area (Å²) in [5.74, 6) is 0.644. The maximum atomic E-state index is 6.56. The van der Waals surface area contributed by atoms with E-state index in [-0.39, 0.29) is 6.10 Å². The second kappa shape index (κ2) is 12.2. The van der Waals surface area contributed by atoms with Crippen LogP contribution in [0.15, 0.2) is 72.8 Å². The predicted octanol–water partition coefficient (Wildman–Crippen LogP) is 10.1. The molecule has 1 saturated carbocycles. The summed E-state index contributed by atoms with van der Waals surface area (Å²) in [5, 5.41) is 2.33. The first-order chi connectivity index (χ1) is 18.4. The first-order valence-corrected chi connectivity index (χ1v) is 15.0. The molecule has 0 amide bonds. The number of benzene rings is 3. The van der Waals surface area contributed by atoms with Crippen LogP contribution in [0.2, 0.25) is 10.0 Å². The van der Waals surface area contributed by atoms with Crippen molar-refractivity contribution >= 4 is 39.7 Å². The van der Waals surface area contributed by atoms with Crippen LogP contribution in [0.25, 0.3) is 11.3 Å². The molecule has 3 aromatic carbocycles. The minimum absolute atomic E-state index is 0.0312. The van der Waals surface area contributed by atoms with Crippen LogP contribution >= 0.6 is 34.5 Å². The third-order valence-corrected chi connectivity index (χ3v) is 8.73. The van der Waals surface area contributed by atoms with Crippen LogP contribution in [-0.2, 0) is 11.3 Å². The van der Waals surface area contributed by atoms with Crippen molar-refractivity contribution in [2.75, 3.05) is 11.4 Å². The third-order valence-electron chi connectivity index (χ3n) is 7.18. The lowest BCUT2D eigenvalue weighted by molar-refractivity contribution is 0.0525. The normalized spacial score (nSPS) is 14.9. The van der Waals surface area contributed by atoms with E-state index < -0.39 is 0 Å². The molecule has 2 atom stereocenters. The molecule has 2 unspecified atom stereocenters. The van der Waals surface area contributed by atoms with Crippen LogP contribution in [0.5, 0.6) is 0 Å². The zero-order chi connectivity index (χ0) is 26.6. The van der Waals surface area contributed by atoms with Gasteiger partial charge >= 0.3 is 0 Å². The first-order valence-electron chi connectivity index (χ1n) is 13.4. The molecule has 1 aliphatic carbocycles. The molecule has 198 valence electrons. The lowest BCUT2D eigenvalue weighted by Gasteiger charge is -2.32. The van der Waals surface area contributed by atoms with Crippen molar-refractivity contribution in [3.05, 3.63) is 104 Å². The van der Waals surface area contributed by atoms with E-state index in [1.165, 1.54) is 34.4 Å². The van der Waals surface area contributed by atoms with E-state index in [4.69, 9.17) is 32.9 Å². The molecular formula is C32H34Cl2N2OS. The molecular weight excluding hydrogens is 531 g/mol. The Labute approximate surface area is 240 Å². The SMILES string of the molecule is CCCN(c1nc(-c2ccc(Cl)cc2Cl)c(C)s1)C(c1ccc(C(C)OCc2ccccc2)cc1)C1CC1. The summed E-state index contributed by atoms with van der Waals surface area (Å²) in [6, 6.07) is 25.3. The lowest BCUT2D eigenvalue weighted by atomic mass is 9.98. The smallest absolute Gasteiger partial charge is 0.186 e. The Morgan fingerprint density at radius 2 is 1.71 bits per heavy atom. The first kappa shape index (κ1) is 27.2. The molecule has 0 spiro atoms. The number of anilines is 1. The molecule has 0 radical (unpaired) electrons. The molecule has 0 bridgehead atoms. The summed E-state index contributed by atoms with van der Waals surface area (Å²) in [6.45, 7) is 8.07. The van der Waals surface area contributed by atoms with Crippen molar-refractivity contribution in [3.63, 3.8) is 0 Å². The number of aromatic nitrogens is 1. The van der Waals surface area contributed by atoms with Gasteiger partial charge in [-0.2, -0.15) is 0 Å². The third kappa shape index (κ3) is 6.26. The average Bonchev–Trinajstić information content (AvgIpc) is 3.69. The molecule has 0 saturated heterocycles. The Morgan fingerprint density at radius 3 is 2.37 bits per heavy atom. The molecule has 3 nitrogen and oxygen atoms in total. The summed E-state index contributed by atoms with van der Waals surface area (Å²) in [7, 11) is 0. The van der Waals surface area contributed by atoms with Crippen molar-refractivity contribution in [2.24, 2.45) is 5.92 Å². The number of ether oxygens (including phenoxy) is 1. The second-order valence-electron chi connectivity index (χ2n) is 10.1. The van der Waals surface area contributed by atoms with E-state index in [1.807, 2.05) is 18.2 Å². The fourth-order valence-electron chi connectivity index (χ4n) is 5.01. The summed E-state index contributed by atoms with van der Waals surface area (Å²) in [5.41, 5.74) is 5.62. The minimum atomic E-state index is 0.0312. The van der Waals surface area contributed by atoms with Gasteiger partial charge in [-0.15, -0.1) is 11.3 Å². The minimum Gasteiger partial charge on any atom is -0.369 e. The van der Waals surface area contributed by atoms with E-state index in [2.05, 4.69) is 74.2 Å². The lowest BCUT2D eigenvalue weighted by Crippen LogP contribution is -2.31. The molecule has 6 heteroatoms. The highest BCUT2D eigenvalue weighted by Crippen LogP contribution is 2.48. The van der Waals surface area contributed by atoms with Gasteiger partial charge in [0.1, 0.15) is 0 Å². The highest BCUT2D eigenvalue weighted by molar-refractivity contribution is 7.16. The standard InChI is InChI=1S/C32H34Cl2N2OS/c1-4-18-36(32-35-30(22(3)38-32)28-17-16-27(33)19-29(28)34)31(26-14-15-26)25-12-10-24(11-13-25)21(2)37-20-23-8-6-5-7-9-23/h5-13,16-17,19,21,26,31H,4,14-15,18,20H2,1-3H3. The van der Waals surface area contributed by atoms with Crippen molar-refractivity contribution in [2.45, 2.75) is 58.8 Å². The van der Waals surface area contributed by atoms with E-state index >= 15 is 0 Å². The predicted molar refractivity (Wildman–Crippen MR) is 161 cm³/mol. The average molecular weight is 566 g/mol. The number of rotatable bonds is 11. The number of nitrogens with zero attached hydrogens (tertiary/aromatic N) is 2. The molecule has 0 N–H and O–H groups in total. The van der Waals surface area contributed by atoms with Crippen molar-refractivity contribution in [3.8, 4) is 11.3 Å². The van der Waals surface area contributed by atoms with Crippen LogP contribution in [0.4, 0.5) is 5.13 Å². The van der Waals surface area contributed by atoms with Crippen LogP contribution in [-0.4, -0.2) is 11.5 Å². The van der Waals surface area contributed by atoms with Crippen LogP contribution in [0.3, 0.4) is 0 Å².